The second-order valence-corrected chi connectivity index (χ2v) is 10.2. The summed E-state index contributed by atoms with van der Waals surface area (Å²) in [6, 6.07) is 12.0. The maximum atomic E-state index is 13.5. The molecule has 4 unspecified atom stereocenters. The van der Waals surface area contributed by atoms with E-state index in [2.05, 4.69) is 43.5 Å². The lowest BCUT2D eigenvalue weighted by atomic mass is 10.0. The van der Waals surface area contributed by atoms with Crippen LogP contribution in [0, 0.1) is 0 Å². The Bertz CT molecular complexity index is 1510. The van der Waals surface area contributed by atoms with Crippen molar-refractivity contribution in [3.05, 3.63) is 90.1 Å². The summed E-state index contributed by atoms with van der Waals surface area (Å²) >= 11 is 4.21. The third kappa shape index (κ3) is 7.98. The molecule has 13 heteroatoms. The average molecular weight is 592 g/mol. The predicted molar refractivity (Wildman–Crippen MR) is 160 cm³/mol. The van der Waals surface area contributed by atoms with E-state index >= 15 is 0 Å². The van der Waals surface area contributed by atoms with Crippen LogP contribution in [0.25, 0.3) is 10.9 Å². The van der Waals surface area contributed by atoms with Crippen LogP contribution < -0.4 is 21.7 Å². The van der Waals surface area contributed by atoms with Crippen molar-refractivity contribution in [1.29, 1.82) is 0 Å². The molecule has 8 N–H and O–H groups in total. The molecule has 12 nitrogen and oxygen atoms in total. The van der Waals surface area contributed by atoms with E-state index in [-0.39, 0.29) is 25.0 Å². The molecule has 0 radical (unpaired) electrons. The maximum absolute atomic E-state index is 13.5. The average Bonchev–Trinajstić information content (AvgIpc) is 3.65. The molecule has 0 saturated heterocycles. The van der Waals surface area contributed by atoms with Crippen LogP contribution in [0.1, 0.15) is 16.8 Å². The number of rotatable bonds is 14. The van der Waals surface area contributed by atoms with Crippen molar-refractivity contribution in [2.24, 2.45) is 5.73 Å². The minimum Gasteiger partial charge on any atom is -0.480 e. The number of para-hydroxylation sites is 1. The van der Waals surface area contributed by atoms with Crippen molar-refractivity contribution in [3.63, 3.8) is 0 Å². The number of carboxylic acid groups (broad SMARTS) is 1. The summed E-state index contributed by atoms with van der Waals surface area (Å²) in [6.07, 6.45) is 5.03. The van der Waals surface area contributed by atoms with Crippen LogP contribution in [0.4, 0.5) is 0 Å². The lowest BCUT2D eigenvalue weighted by Gasteiger charge is -2.24. The van der Waals surface area contributed by atoms with Gasteiger partial charge >= 0.3 is 5.97 Å². The Morgan fingerprint density at radius 3 is 2.19 bits per heavy atom. The number of aliphatic carboxylic acids is 1. The van der Waals surface area contributed by atoms with Crippen LogP contribution >= 0.6 is 12.6 Å². The van der Waals surface area contributed by atoms with Gasteiger partial charge in [0.2, 0.25) is 17.7 Å². The van der Waals surface area contributed by atoms with Crippen LogP contribution in [-0.2, 0) is 38.4 Å². The van der Waals surface area contributed by atoms with Gasteiger partial charge in [0.1, 0.15) is 18.1 Å². The monoisotopic (exact) mass is 591 g/mol. The van der Waals surface area contributed by atoms with Gasteiger partial charge in [0.05, 0.1) is 12.4 Å². The Morgan fingerprint density at radius 2 is 1.50 bits per heavy atom. The van der Waals surface area contributed by atoms with Gasteiger partial charge in [0.15, 0.2) is 0 Å². The Hall–Kier alpha value is -4.62. The number of aromatic amines is 2. The Kier molecular flexibility index (Phi) is 10.3. The zero-order valence-electron chi connectivity index (χ0n) is 22.6. The van der Waals surface area contributed by atoms with Crippen molar-refractivity contribution >= 4 is 47.2 Å². The molecule has 0 bridgehead atoms. The number of amides is 3. The minimum atomic E-state index is -1.26. The second-order valence-electron chi connectivity index (χ2n) is 9.85. The number of imidazole rings is 1. The molecule has 4 rings (SSSR count). The molecule has 220 valence electrons. The largest absolute Gasteiger partial charge is 0.480 e. The predicted octanol–water partition coefficient (Wildman–Crippen LogP) is 0.715. The molecule has 4 aromatic rings. The van der Waals surface area contributed by atoms with Gasteiger partial charge in [0.25, 0.3) is 0 Å². The topological polar surface area (TPSA) is 195 Å². The Labute approximate surface area is 247 Å². The van der Waals surface area contributed by atoms with E-state index in [0.29, 0.717) is 5.69 Å². The molecule has 2 aromatic carbocycles. The summed E-state index contributed by atoms with van der Waals surface area (Å²) in [5.74, 6) is -3.20. The number of thiol groups is 1. The van der Waals surface area contributed by atoms with Gasteiger partial charge in [-0.2, -0.15) is 12.6 Å². The van der Waals surface area contributed by atoms with Crippen molar-refractivity contribution in [2.45, 2.75) is 43.4 Å². The number of H-pyrrole nitrogens is 2. The van der Waals surface area contributed by atoms with Crippen molar-refractivity contribution < 1.29 is 24.3 Å². The van der Waals surface area contributed by atoms with Crippen molar-refractivity contribution in [3.8, 4) is 0 Å². The molecule has 3 amide bonds. The quantitative estimate of drug-likeness (QED) is 0.0989. The fraction of sp³-hybridized carbons (Fsp3) is 0.276. The molecule has 0 fully saturated rings. The highest BCUT2D eigenvalue weighted by molar-refractivity contribution is 7.80. The molecular weight excluding hydrogens is 558 g/mol. The third-order valence-electron chi connectivity index (χ3n) is 6.78. The second kappa shape index (κ2) is 14.3. The molecule has 4 atom stereocenters. The third-order valence-corrected chi connectivity index (χ3v) is 7.14. The lowest BCUT2D eigenvalue weighted by molar-refractivity contribution is -0.142. The Balaban J connectivity index is 1.46. The van der Waals surface area contributed by atoms with E-state index < -0.39 is 47.9 Å². The van der Waals surface area contributed by atoms with E-state index in [1.165, 1.54) is 6.33 Å². The minimum absolute atomic E-state index is 0.0284. The zero-order valence-corrected chi connectivity index (χ0v) is 23.5. The van der Waals surface area contributed by atoms with E-state index in [9.17, 15) is 24.3 Å². The standard InChI is InChI=1S/C29H33N7O5S/c30-21(12-19-14-31-16-33-19)26(37)36-25(15-42)28(39)34-23(10-17-6-2-1-3-7-17)27(38)35-24(29(40)41)11-18-13-32-22-9-5-4-8-20(18)22/h1-9,13-14,16,21,23-25,32,42H,10-12,15,30H2,(H,31,33)(H,34,39)(H,35,38)(H,36,37)(H,40,41). The summed E-state index contributed by atoms with van der Waals surface area (Å²) in [5, 5.41) is 18.6. The van der Waals surface area contributed by atoms with Gasteiger partial charge in [-0.05, 0) is 17.2 Å². The first kappa shape index (κ1) is 30.3. The van der Waals surface area contributed by atoms with Crippen LogP contribution in [0.2, 0.25) is 0 Å². The number of benzene rings is 2. The normalized spacial score (nSPS) is 14.0. The number of carbonyl (C=O) groups excluding carboxylic acids is 3. The molecule has 0 aliphatic rings. The first-order valence-electron chi connectivity index (χ1n) is 13.3. The number of nitrogens with zero attached hydrogens (tertiary/aromatic N) is 1. The first-order chi connectivity index (χ1) is 20.2. The zero-order chi connectivity index (χ0) is 30.1. The molecule has 2 aromatic heterocycles. The van der Waals surface area contributed by atoms with Crippen LogP contribution in [0.5, 0.6) is 0 Å². The number of carboxylic acids is 1. The molecular formula is C29H33N7O5S. The van der Waals surface area contributed by atoms with Gasteiger partial charge in [-0.1, -0.05) is 48.5 Å². The van der Waals surface area contributed by atoms with Gasteiger partial charge in [0, 0.05) is 54.0 Å². The molecule has 0 aliphatic heterocycles. The Morgan fingerprint density at radius 1 is 0.833 bits per heavy atom. The number of aromatic nitrogens is 3. The summed E-state index contributed by atoms with van der Waals surface area (Å²) in [6.45, 7) is 0. The van der Waals surface area contributed by atoms with E-state index in [1.54, 1.807) is 36.7 Å². The first-order valence-corrected chi connectivity index (χ1v) is 13.9. The summed E-state index contributed by atoms with van der Waals surface area (Å²) in [4.78, 5) is 61.4. The highest BCUT2D eigenvalue weighted by atomic mass is 32.1. The van der Waals surface area contributed by atoms with E-state index in [1.807, 2.05) is 30.3 Å². The van der Waals surface area contributed by atoms with E-state index in [0.717, 1.165) is 22.0 Å². The number of hydrogen-bond donors (Lipinski definition) is 8. The maximum Gasteiger partial charge on any atom is 0.326 e. The molecule has 0 saturated carbocycles. The lowest BCUT2D eigenvalue weighted by Crippen LogP contribution is -2.58. The van der Waals surface area contributed by atoms with Crippen LogP contribution in [0.3, 0.4) is 0 Å². The number of nitrogens with two attached hydrogens (primary N) is 1. The van der Waals surface area contributed by atoms with Crippen molar-refractivity contribution in [1.82, 2.24) is 30.9 Å². The number of carbonyl (C=O) groups is 4. The van der Waals surface area contributed by atoms with Crippen molar-refractivity contribution in [2.75, 3.05) is 5.75 Å². The summed E-state index contributed by atoms with van der Waals surface area (Å²) in [7, 11) is 0. The molecule has 0 spiro atoms. The smallest absolute Gasteiger partial charge is 0.326 e. The number of nitrogens with one attached hydrogen (secondary N) is 5. The van der Waals surface area contributed by atoms with E-state index in [4.69, 9.17) is 5.73 Å². The number of hydrogen-bond acceptors (Lipinski definition) is 7. The van der Waals surface area contributed by atoms with Gasteiger partial charge in [-0.3, -0.25) is 14.4 Å². The van der Waals surface area contributed by atoms with Crippen LogP contribution in [0.15, 0.2) is 73.3 Å². The van der Waals surface area contributed by atoms with Gasteiger partial charge in [-0.15, -0.1) is 0 Å². The fourth-order valence-electron chi connectivity index (χ4n) is 4.52. The van der Waals surface area contributed by atoms with Gasteiger partial charge < -0.3 is 36.8 Å². The number of fused-ring (bicyclic) bond motifs is 1. The van der Waals surface area contributed by atoms with Gasteiger partial charge in [-0.25, -0.2) is 9.78 Å². The molecule has 2 heterocycles. The highest BCUT2D eigenvalue weighted by Crippen LogP contribution is 2.19. The summed E-state index contributed by atoms with van der Waals surface area (Å²) < 4.78 is 0. The molecule has 42 heavy (non-hydrogen) atoms. The highest BCUT2D eigenvalue weighted by Gasteiger charge is 2.30. The SMILES string of the molecule is NC(Cc1cnc[nH]1)C(=O)NC(CS)C(=O)NC(Cc1ccccc1)C(=O)NC(Cc1c[nH]c2ccccc12)C(=O)O. The van der Waals surface area contributed by atoms with Crippen LogP contribution in [-0.4, -0.2) is 73.7 Å². The summed E-state index contributed by atoms with van der Waals surface area (Å²) in [5.41, 5.74) is 8.98. The fourth-order valence-corrected chi connectivity index (χ4v) is 4.78. The molecule has 0 aliphatic carbocycles.